The van der Waals surface area contributed by atoms with Crippen LogP contribution in [-0.4, -0.2) is 15.8 Å². The Labute approximate surface area is 168 Å². The quantitative estimate of drug-likeness (QED) is 0.554. The zero-order valence-electron chi connectivity index (χ0n) is 15.3. The van der Waals surface area contributed by atoms with Gasteiger partial charge in [-0.1, -0.05) is 44.0 Å². The molecule has 0 fully saturated rings. The van der Waals surface area contributed by atoms with Gasteiger partial charge in [0.2, 0.25) is 0 Å². The fraction of sp³-hybridized carbons (Fsp3) is 0.200. The topological polar surface area (TPSA) is 59.0 Å². The zero-order valence-corrected chi connectivity index (χ0v) is 16.8. The maximum atomic E-state index is 12.4. The number of rotatable bonds is 3. The van der Waals surface area contributed by atoms with Gasteiger partial charge in [-0.05, 0) is 48.5 Å². The van der Waals surface area contributed by atoms with Crippen molar-refractivity contribution in [2.45, 2.75) is 26.2 Å². The molecule has 0 atom stereocenters. The van der Waals surface area contributed by atoms with Gasteiger partial charge in [0, 0.05) is 27.2 Å². The van der Waals surface area contributed by atoms with Crippen molar-refractivity contribution < 1.29 is 4.79 Å². The Balaban J connectivity index is 1.88. The molecule has 0 bridgehead atoms. The molecule has 0 unspecified atom stereocenters. The van der Waals surface area contributed by atoms with Crippen molar-refractivity contribution in [1.82, 2.24) is 9.78 Å². The Morgan fingerprint density at radius 1 is 0.926 bits per heavy atom. The fourth-order valence-electron chi connectivity index (χ4n) is 2.43. The van der Waals surface area contributed by atoms with E-state index in [4.69, 9.17) is 23.2 Å². The van der Waals surface area contributed by atoms with Crippen molar-refractivity contribution in [3.63, 3.8) is 0 Å². The van der Waals surface area contributed by atoms with Crippen molar-refractivity contribution >= 4 is 40.7 Å². The average Bonchev–Trinajstić information content (AvgIpc) is 3.02. The molecule has 0 aliphatic rings. The van der Waals surface area contributed by atoms with Crippen LogP contribution in [0.1, 0.15) is 26.5 Å². The molecule has 0 saturated heterocycles. The third-order valence-electron chi connectivity index (χ3n) is 3.89. The molecule has 7 heteroatoms. The first-order chi connectivity index (χ1) is 12.7. The molecule has 2 N–H and O–H groups in total. The van der Waals surface area contributed by atoms with E-state index in [1.165, 1.54) is 0 Å². The highest BCUT2D eigenvalue weighted by Gasteiger charge is 2.21. The lowest BCUT2D eigenvalue weighted by Crippen LogP contribution is -2.21. The number of nitrogens with one attached hydrogen (secondary N) is 2. The molecule has 27 heavy (non-hydrogen) atoms. The van der Waals surface area contributed by atoms with Crippen LogP contribution in [0.2, 0.25) is 10.0 Å². The van der Waals surface area contributed by atoms with Crippen molar-refractivity contribution in [2.75, 3.05) is 10.6 Å². The number of benzene rings is 2. The van der Waals surface area contributed by atoms with Crippen LogP contribution in [0.4, 0.5) is 16.3 Å². The van der Waals surface area contributed by atoms with Gasteiger partial charge in [0.25, 0.3) is 0 Å². The normalized spacial score (nSPS) is 11.3. The van der Waals surface area contributed by atoms with E-state index in [1.54, 1.807) is 41.1 Å². The number of nitrogens with zero attached hydrogens (tertiary/aromatic N) is 2. The molecular formula is C20H20Cl2N4O. The van der Waals surface area contributed by atoms with Gasteiger partial charge in [-0.15, -0.1) is 0 Å². The molecule has 0 aliphatic heterocycles. The van der Waals surface area contributed by atoms with Crippen molar-refractivity contribution in [3.8, 4) is 5.69 Å². The van der Waals surface area contributed by atoms with E-state index in [-0.39, 0.29) is 11.4 Å². The second kappa shape index (κ2) is 7.62. The molecular weight excluding hydrogens is 383 g/mol. The molecule has 0 spiro atoms. The first kappa shape index (κ1) is 19.3. The number of aromatic nitrogens is 2. The minimum Gasteiger partial charge on any atom is -0.308 e. The Hall–Kier alpha value is -2.50. The maximum absolute atomic E-state index is 12.4. The summed E-state index contributed by atoms with van der Waals surface area (Å²) < 4.78 is 1.69. The highest BCUT2D eigenvalue weighted by molar-refractivity contribution is 6.30. The summed E-state index contributed by atoms with van der Waals surface area (Å²) in [5, 5.41) is 11.6. The van der Waals surface area contributed by atoms with Crippen LogP contribution in [0, 0.1) is 0 Å². The van der Waals surface area contributed by atoms with Crippen molar-refractivity contribution in [3.05, 3.63) is 70.3 Å². The highest BCUT2D eigenvalue weighted by atomic mass is 35.5. The van der Waals surface area contributed by atoms with Crippen molar-refractivity contribution in [1.29, 1.82) is 0 Å². The van der Waals surface area contributed by atoms with Gasteiger partial charge in [0.05, 0.1) is 11.4 Å². The predicted octanol–water partition coefficient (Wildman–Crippen LogP) is 6.12. The molecule has 5 nitrogen and oxygen atoms in total. The Morgan fingerprint density at radius 2 is 1.48 bits per heavy atom. The molecule has 2 amide bonds. The van der Waals surface area contributed by atoms with E-state index >= 15 is 0 Å². The molecule has 3 aromatic rings. The number of hydrogen-bond acceptors (Lipinski definition) is 2. The number of carbonyl (C=O) groups excluding carboxylic acids is 1. The van der Waals surface area contributed by atoms with E-state index in [0.29, 0.717) is 21.6 Å². The summed E-state index contributed by atoms with van der Waals surface area (Å²) in [6, 6.07) is 15.7. The number of carbonyl (C=O) groups is 1. The Kier molecular flexibility index (Phi) is 5.44. The summed E-state index contributed by atoms with van der Waals surface area (Å²) in [6.07, 6.45) is 0. The Bertz CT molecular complexity index is 942. The molecule has 3 rings (SSSR count). The lowest BCUT2D eigenvalue weighted by Gasteiger charge is -2.14. The minimum atomic E-state index is -0.368. The predicted molar refractivity (Wildman–Crippen MR) is 111 cm³/mol. The van der Waals surface area contributed by atoms with Crippen LogP contribution < -0.4 is 10.6 Å². The number of hydrogen-bond donors (Lipinski definition) is 2. The summed E-state index contributed by atoms with van der Waals surface area (Å²) in [5.41, 5.74) is 2.14. The van der Waals surface area contributed by atoms with E-state index < -0.39 is 0 Å². The van der Waals surface area contributed by atoms with Crippen LogP contribution in [0.5, 0.6) is 0 Å². The molecule has 0 aliphatic carbocycles. The number of amides is 2. The monoisotopic (exact) mass is 402 g/mol. The third kappa shape index (κ3) is 4.81. The van der Waals surface area contributed by atoms with Gasteiger partial charge in [-0.2, -0.15) is 5.10 Å². The smallest absolute Gasteiger partial charge is 0.308 e. The highest BCUT2D eigenvalue weighted by Crippen LogP contribution is 2.27. The molecule has 0 radical (unpaired) electrons. The molecule has 1 aromatic heterocycles. The number of halogens is 2. The Morgan fingerprint density at radius 3 is 2.04 bits per heavy atom. The molecule has 2 aromatic carbocycles. The summed E-state index contributed by atoms with van der Waals surface area (Å²) in [4.78, 5) is 12.4. The first-order valence-corrected chi connectivity index (χ1v) is 9.18. The molecule has 140 valence electrons. The van der Waals surface area contributed by atoms with Gasteiger partial charge < -0.3 is 5.32 Å². The van der Waals surface area contributed by atoms with Gasteiger partial charge >= 0.3 is 6.03 Å². The van der Waals surface area contributed by atoms with Crippen LogP contribution >= 0.6 is 23.2 Å². The zero-order chi connectivity index (χ0) is 19.6. The summed E-state index contributed by atoms with van der Waals surface area (Å²) in [5.74, 6) is 0.564. The van der Waals surface area contributed by atoms with Crippen LogP contribution in [0.15, 0.2) is 54.6 Å². The van der Waals surface area contributed by atoms with Gasteiger partial charge in [-0.25, -0.2) is 9.48 Å². The van der Waals surface area contributed by atoms with Crippen LogP contribution in [0.25, 0.3) is 5.69 Å². The lowest BCUT2D eigenvalue weighted by atomic mass is 9.92. The summed E-state index contributed by atoms with van der Waals surface area (Å²) >= 11 is 11.9. The van der Waals surface area contributed by atoms with E-state index in [0.717, 1.165) is 11.4 Å². The second-order valence-electron chi connectivity index (χ2n) is 7.14. The lowest BCUT2D eigenvalue weighted by molar-refractivity contribution is 0.262. The average molecular weight is 403 g/mol. The third-order valence-corrected chi connectivity index (χ3v) is 4.40. The fourth-order valence-corrected chi connectivity index (χ4v) is 2.68. The largest absolute Gasteiger partial charge is 0.324 e. The van der Waals surface area contributed by atoms with Crippen molar-refractivity contribution in [2.24, 2.45) is 0 Å². The van der Waals surface area contributed by atoms with E-state index in [2.05, 4.69) is 36.5 Å². The van der Waals surface area contributed by atoms with E-state index in [9.17, 15) is 4.79 Å². The van der Waals surface area contributed by atoms with Crippen LogP contribution in [0.3, 0.4) is 0 Å². The van der Waals surface area contributed by atoms with Crippen LogP contribution in [-0.2, 0) is 5.41 Å². The maximum Gasteiger partial charge on any atom is 0.324 e. The molecule has 1 heterocycles. The minimum absolute atomic E-state index is 0.166. The van der Waals surface area contributed by atoms with Gasteiger partial charge in [0.1, 0.15) is 5.82 Å². The first-order valence-electron chi connectivity index (χ1n) is 8.42. The second-order valence-corrected chi connectivity index (χ2v) is 8.01. The van der Waals surface area contributed by atoms with Gasteiger partial charge in [0.15, 0.2) is 0 Å². The SMILES string of the molecule is CC(C)(C)c1cc(NC(=O)Nc2ccc(Cl)cc2)n(-c2ccc(Cl)cc2)n1. The standard InChI is InChI=1S/C20H20Cl2N4O/c1-20(2,3)17-12-18(26(25-17)16-10-6-14(22)7-11-16)24-19(27)23-15-8-4-13(21)5-9-15/h4-12H,1-3H3,(H2,23,24,27). The summed E-state index contributed by atoms with van der Waals surface area (Å²) in [6.45, 7) is 6.21. The van der Waals surface area contributed by atoms with Gasteiger partial charge in [-0.3, -0.25) is 5.32 Å². The number of anilines is 2. The summed E-state index contributed by atoms with van der Waals surface area (Å²) in [7, 11) is 0. The molecule has 0 saturated carbocycles. The number of urea groups is 1. The van der Waals surface area contributed by atoms with E-state index in [1.807, 2.05) is 18.2 Å².